The Kier molecular flexibility index (Phi) is 9.31. The van der Waals surface area contributed by atoms with Crippen molar-refractivity contribution in [1.82, 2.24) is 0 Å². The zero-order valence-corrected chi connectivity index (χ0v) is 17.2. The number of carbonyl (C=O) groups excluding carboxylic acids is 1. The van der Waals surface area contributed by atoms with Crippen molar-refractivity contribution in [2.24, 2.45) is 0 Å². The van der Waals surface area contributed by atoms with E-state index in [0.717, 1.165) is 42.6 Å². The Morgan fingerprint density at radius 3 is 2.00 bits per heavy atom. The van der Waals surface area contributed by atoms with Gasteiger partial charge in [-0.25, -0.2) is 4.79 Å². The molecule has 0 radical (unpaired) electrons. The van der Waals surface area contributed by atoms with Gasteiger partial charge in [-0.05, 0) is 68.0 Å². The molecule has 158 valence electrons. The largest absolute Gasteiger partial charge is 0.494 e. The molecule has 0 spiro atoms. The van der Waals surface area contributed by atoms with Gasteiger partial charge < -0.3 is 9.47 Å². The Labute approximate surface area is 177 Å². The van der Waals surface area contributed by atoms with Gasteiger partial charge in [-0.3, -0.25) is 10.1 Å². The minimum absolute atomic E-state index is 0.0832. The molecule has 0 bridgehead atoms. The van der Waals surface area contributed by atoms with Gasteiger partial charge in [0.25, 0.3) is 5.69 Å². The van der Waals surface area contributed by atoms with Crippen molar-refractivity contribution in [2.45, 2.75) is 32.6 Å². The average Bonchev–Trinajstić information content (AvgIpc) is 2.75. The number of ether oxygens (including phenoxy) is 2. The van der Waals surface area contributed by atoms with E-state index in [0.29, 0.717) is 18.8 Å². The highest BCUT2D eigenvalue weighted by Gasteiger charge is 2.03. The number of benzene rings is 2. The predicted octanol–water partition coefficient (Wildman–Crippen LogP) is 5.82. The first-order chi connectivity index (χ1) is 14.5. The standard InChI is InChI=1S/C24H27NO5/c1-19(2)24(26)30-18-6-4-3-5-17-29-23-15-11-21(12-16-23)8-7-20-9-13-22(14-10-20)25(27)28/h7-16H,1,3-6,17-18H2,2H3/b8-7+. The molecule has 0 aliphatic heterocycles. The van der Waals surface area contributed by atoms with Crippen LogP contribution in [0.3, 0.4) is 0 Å². The Hall–Kier alpha value is -3.41. The Morgan fingerprint density at radius 1 is 0.933 bits per heavy atom. The fraction of sp³-hybridized carbons (Fsp3) is 0.292. The third-order valence-electron chi connectivity index (χ3n) is 4.34. The van der Waals surface area contributed by atoms with Gasteiger partial charge in [0.2, 0.25) is 0 Å². The summed E-state index contributed by atoms with van der Waals surface area (Å²) in [7, 11) is 0. The van der Waals surface area contributed by atoms with E-state index in [4.69, 9.17) is 9.47 Å². The summed E-state index contributed by atoms with van der Waals surface area (Å²) in [5.74, 6) is 0.488. The van der Waals surface area contributed by atoms with Gasteiger partial charge in [0.15, 0.2) is 0 Å². The van der Waals surface area contributed by atoms with Crippen LogP contribution in [-0.2, 0) is 9.53 Å². The summed E-state index contributed by atoms with van der Waals surface area (Å²) in [6, 6.07) is 14.2. The molecule has 6 heteroatoms. The van der Waals surface area contributed by atoms with E-state index in [1.807, 2.05) is 36.4 Å². The molecule has 2 aromatic carbocycles. The Morgan fingerprint density at radius 2 is 1.47 bits per heavy atom. The van der Waals surface area contributed by atoms with E-state index in [1.165, 1.54) is 12.1 Å². The fourth-order valence-electron chi connectivity index (χ4n) is 2.61. The van der Waals surface area contributed by atoms with Crippen LogP contribution >= 0.6 is 0 Å². The highest BCUT2D eigenvalue weighted by Crippen LogP contribution is 2.17. The lowest BCUT2D eigenvalue weighted by Crippen LogP contribution is -2.06. The molecule has 0 saturated carbocycles. The highest BCUT2D eigenvalue weighted by atomic mass is 16.6. The average molecular weight is 409 g/mol. The summed E-state index contributed by atoms with van der Waals surface area (Å²) in [6.07, 6.45) is 7.64. The molecule has 0 aromatic heterocycles. The van der Waals surface area contributed by atoms with E-state index in [-0.39, 0.29) is 11.7 Å². The Bertz CT molecular complexity index is 869. The first-order valence-electron chi connectivity index (χ1n) is 9.94. The summed E-state index contributed by atoms with van der Waals surface area (Å²) < 4.78 is 10.8. The van der Waals surface area contributed by atoms with Crippen molar-refractivity contribution in [2.75, 3.05) is 13.2 Å². The van der Waals surface area contributed by atoms with Gasteiger partial charge in [-0.15, -0.1) is 0 Å². The summed E-state index contributed by atoms with van der Waals surface area (Å²) >= 11 is 0. The van der Waals surface area contributed by atoms with Crippen molar-refractivity contribution < 1.29 is 19.2 Å². The Balaban J connectivity index is 1.64. The predicted molar refractivity (Wildman–Crippen MR) is 118 cm³/mol. The van der Waals surface area contributed by atoms with Crippen LogP contribution in [0.5, 0.6) is 5.75 Å². The van der Waals surface area contributed by atoms with Crippen LogP contribution in [0.2, 0.25) is 0 Å². The molecule has 6 nitrogen and oxygen atoms in total. The summed E-state index contributed by atoms with van der Waals surface area (Å²) in [5, 5.41) is 10.7. The second-order valence-electron chi connectivity index (χ2n) is 6.93. The second-order valence-corrected chi connectivity index (χ2v) is 6.93. The monoisotopic (exact) mass is 409 g/mol. The minimum atomic E-state index is -0.409. The molecule has 0 atom stereocenters. The van der Waals surface area contributed by atoms with Gasteiger partial charge in [0.05, 0.1) is 18.1 Å². The topological polar surface area (TPSA) is 78.7 Å². The first kappa shape index (κ1) is 22.9. The summed E-state index contributed by atoms with van der Waals surface area (Å²) in [5.41, 5.74) is 2.43. The second kappa shape index (κ2) is 12.2. The lowest BCUT2D eigenvalue weighted by Gasteiger charge is -2.07. The van der Waals surface area contributed by atoms with E-state index in [1.54, 1.807) is 19.1 Å². The van der Waals surface area contributed by atoms with Crippen LogP contribution in [0, 0.1) is 10.1 Å². The molecule has 0 heterocycles. The number of non-ortho nitro benzene ring substituents is 1. The molecule has 0 aliphatic carbocycles. The van der Waals surface area contributed by atoms with Crippen molar-refractivity contribution >= 4 is 23.8 Å². The normalized spacial score (nSPS) is 10.7. The van der Waals surface area contributed by atoms with Crippen molar-refractivity contribution in [3.05, 3.63) is 81.9 Å². The number of esters is 1. The molecule has 0 saturated heterocycles. The van der Waals surface area contributed by atoms with Crippen LogP contribution < -0.4 is 4.74 Å². The van der Waals surface area contributed by atoms with Crippen LogP contribution in [0.4, 0.5) is 5.69 Å². The molecule has 2 rings (SSSR count). The number of nitro benzene ring substituents is 1. The maximum atomic E-state index is 11.2. The van der Waals surface area contributed by atoms with Crippen LogP contribution in [0.1, 0.15) is 43.7 Å². The zero-order chi connectivity index (χ0) is 21.8. The molecule has 0 aliphatic rings. The molecule has 30 heavy (non-hydrogen) atoms. The van der Waals surface area contributed by atoms with Crippen molar-refractivity contribution in [3.8, 4) is 5.75 Å². The first-order valence-corrected chi connectivity index (χ1v) is 9.94. The lowest BCUT2D eigenvalue weighted by molar-refractivity contribution is -0.384. The SMILES string of the molecule is C=C(C)C(=O)OCCCCCCOc1ccc(/C=C/c2ccc([N+](=O)[O-])cc2)cc1. The molecular weight excluding hydrogens is 382 g/mol. The number of unbranched alkanes of at least 4 members (excludes halogenated alkanes) is 3. The fourth-order valence-corrected chi connectivity index (χ4v) is 2.61. The number of rotatable bonds is 12. The van der Waals surface area contributed by atoms with Crippen LogP contribution in [-0.4, -0.2) is 24.1 Å². The minimum Gasteiger partial charge on any atom is -0.494 e. The van der Waals surface area contributed by atoms with E-state index in [9.17, 15) is 14.9 Å². The van der Waals surface area contributed by atoms with E-state index in [2.05, 4.69) is 6.58 Å². The van der Waals surface area contributed by atoms with Crippen LogP contribution in [0.15, 0.2) is 60.7 Å². The molecule has 0 fully saturated rings. The third kappa shape index (κ3) is 8.31. The number of nitrogens with zero attached hydrogens (tertiary/aromatic N) is 1. The van der Waals surface area contributed by atoms with E-state index < -0.39 is 4.92 Å². The number of hydrogen-bond donors (Lipinski definition) is 0. The zero-order valence-electron chi connectivity index (χ0n) is 17.2. The maximum absolute atomic E-state index is 11.2. The van der Waals surface area contributed by atoms with Gasteiger partial charge >= 0.3 is 5.97 Å². The number of carbonyl (C=O) groups is 1. The van der Waals surface area contributed by atoms with Crippen molar-refractivity contribution in [3.63, 3.8) is 0 Å². The van der Waals surface area contributed by atoms with Gasteiger partial charge in [0.1, 0.15) is 5.75 Å². The van der Waals surface area contributed by atoms with E-state index >= 15 is 0 Å². The molecule has 2 aromatic rings. The quantitative estimate of drug-likeness (QED) is 0.110. The summed E-state index contributed by atoms with van der Waals surface area (Å²) in [4.78, 5) is 21.5. The molecular formula is C24H27NO5. The lowest BCUT2D eigenvalue weighted by atomic mass is 10.1. The molecule has 0 unspecified atom stereocenters. The maximum Gasteiger partial charge on any atom is 0.333 e. The molecule has 0 amide bonds. The molecule has 0 N–H and O–H groups in total. The van der Waals surface area contributed by atoms with Crippen LogP contribution in [0.25, 0.3) is 12.2 Å². The highest BCUT2D eigenvalue weighted by molar-refractivity contribution is 5.86. The van der Waals surface area contributed by atoms with Crippen molar-refractivity contribution in [1.29, 1.82) is 0 Å². The van der Waals surface area contributed by atoms with Gasteiger partial charge in [0, 0.05) is 17.7 Å². The van der Waals surface area contributed by atoms with Gasteiger partial charge in [-0.2, -0.15) is 0 Å². The van der Waals surface area contributed by atoms with Gasteiger partial charge in [-0.1, -0.05) is 30.9 Å². The number of hydrogen-bond acceptors (Lipinski definition) is 5. The number of nitro groups is 1. The third-order valence-corrected chi connectivity index (χ3v) is 4.34. The smallest absolute Gasteiger partial charge is 0.333 e. The summed E-state index contributed by atoms with van der Waals surface area (Å²) in [6.45, 7) is 6.26.